The van der Waals surface area contributed by atoms with Gasteiger partial charge in [-0.1, -0.05) is 13.8 Å². The highest BCUT2D eigenvalue weighted by Gasteiger charge is 2.04. The maximum atomic E-state index is 11.2. The van der Waals surface area contributed by atoms with Crippen LogP contribution in [0.3, 0.4) is 0 Å². The first kappa shape index (κ1) is 10.6. The zero-order valence-corrected chi connectivity index (χ0v) is 8.53. The quantitative estimate of drug-likeness (QED) is 0.769. The van der Waals surface area contributed by atoms with Gasteiger partial charge in [0.05, 0.1) is 0 Å². The lowest BCUT2D eigenvalue weighted by Gasteiger charge is -2.06. The Morgan fingerprint density at radius 1 is 1.57 bits per heavy atom. The summed E-state index contributed by atoms with van der Waals surface area (Å²) in [6.45, 7) is 4.38. The van der Waals surface area contributed by atoms with Gasteiger partial charge in [-0.05, 0) is 6.07 Å². The average Bonchev–Trinajstić information content (AvgIpc) is 2.19. The molecule has 0 saturated heterocycles. The van der Waals surface area contributed by atoms with Gasteiger partial charge in [0.15, 0.2) is 0 Å². The lowest BCUT2D eigenvalue weighted by atomic mass is 10.2. The Labute approximate surface area is 83.8 Å². The molecule has 1 heterocycles. The fourth-order valence-electron chi connectivity index (χ4n) is 0.984. The molecule has 1 aromatic heterocycles. The van der Waals surface area contributed by atoms with Crippen molar-refractivity contribution in [2.24, 2.45) is 5.92 Å². The molecule has 0 bridgehead atoms. The Kier molecular flexibility index (Phi) is 4.04. The van der Waals surface area contributed by atoms with E-state index in [1.54, 1.807) is 6.20 Å². The number of hydrogen-bond acceptors (Lipinski definition) is 3. The molecule has 0 unspecified atom stereocenters. The van der Waals surface area contributed by atoms with Crippen LogP contribution in [0.25, 0.3) is 0 Å². The smallest absolute Gasteiger partial charge is 0.222 e. The van der Waals surface area contributed by atoms with Gasteiger partial charge in [0.1, 0.15) is 6.33 Å². The van der Waals surface area contributed by atoms with Crippen molar-refractivity contribution in [3.8, 4) is 0 Å². The molecule has 4 nitrogen and oxygen atoms in total. The van der Waals surface area contributed by atoms with E-state index in [4.69, 9.17) is 0 Å². The summed E-state index contributed by atoms with van der Waals surface area (Å²) in [4.78, 5) is 19.1. The van der Waals surface area contributed by atoms with E-state index in [1.165, 1.54) is 6.33 Å². The summed E-state index contributed by atoms with van der Waals surface area (Å²) in [5.74, 6) is 0.124. The van der Waals surface area contributed by atoms with Gasteiger partial charge in [0.25, 0.3) is 0 Å². The number of carbonyl (C=O) groups excluding carboxylic acids is 1. The summed E-state index contributed by atoms with van der Waals surface area (Å²) in [5, 5.41) is 2.83. The van der Waals surface area contributed by atoms with Crippen molar-refractivity contribution >= 4 is 5.91 Å². The minimum atomic E-state index is 0.0420. The number of amides is 1. The summed E-state index contributed by atoms with van der Waals surface area (Å²) in [5.41, 5.74) is 0.948. The summed E-state index contributed by atoms with van der Waals surface area (Å²) < 4.78 is 0. The number of hydrogen-bond donors (Lipinski definition) is 1. The fraction of sp³-hybridized carbons (Fsp3) is 0.500. The molecular formula is C10H15N3O. The summed E-state index contributed by atoms with van der Waals surface area (Å²) in [7, 11) is 0. The van der Waals surface area contributed by atoms with Gasteiger partial charge in [0.2, 0.25) is 5.91 Å². The van der Waals surface area contributed by atoms with Crippen LogP contribution >= 0.6 is 0 Å². The molecule has 0 aliphatic heterocycles. The van der Waals surface area contributed by atoms with Crippen LogP contribution in [0.4, 0.5) is 0 Å². The van der Waals surface area contributed by atoms with Crippen LogP contribution in [0.5, 0.6) is 0 Å². The third-order valence-electron chi connectivity index (χ3n) is 1.85. The van der Waals surface area contributed by atoms with Crippen molar-refractivity contribution in [1.82, 2.24) is 15.3 Å². The number of carbonyl (C=O) groups is 1. The van der Waals surface area contributed by atoms with E-state index < -0.39 is 0 Å². The van der Waals surface area contributed by atoms with Gasteiger partial charge in [-0.2, -0.15) is 0 Å². The van der Waals surface area contributed by atoms with Crippen LogP contribution in [0, 0.1) is 5.92 Å². The van der Waals surface area contributed by atoms with Gasteiger partial charge in [0, 0.05) is 30.8 Å². The van der Waals surface area contributed by atoms with Gasteiger partial charge in [-0.15, -0.1) is 0 Å². The van der Waals surface area contributed by atoms with Gasteiger partial charge >= 0.3 is 0 Å². The van der Waals surface area contributed by atoms with Gasteiger partial charge in [-0.25, -0.2) is 9.97 Å². The molecule has 1 aromatic rings. The minimum Gasteiger partial charge on any atom is -0.355 e. The van der Waals surface area contributed by atoms with E-state index in [9.17, 15) is 4.79 Å². The average molecular weight is 193 g/mol. The van der Waals surface area contributed by atoms with Crippen LogP contribution in [-0.4, -0.2) is 22.4 Å². The minimum absolute atomic E-state index is 0.0420. The number of aromatic nitrogens is 2. The Morgan fingerprint density at radius 3 is 2.93 bits per heavy atom. The maximum Gasteiger partial charge on any atom is 0.222 e. The predicted molar refractivity (Wildman–Crippen MR) is 53.6 cm³/mol. The van der Waals surface area contributed by atoms with E-state index in [0.717, 1.165) is 12.1 Å². The molecule has 0 saturated carbocycles. The Morgan fingerprint density at radius 2 is 2.36 bits per heavy atom. The Hall–Kier alpha value is -1.45. The molecule has 14 heavy (non-hydrogen) atoms. The monoisotopic (exact) mass is 193 g/mol. The molecule has 1 rings (SSSR count). The summed E-state index contributed by atoms with van der Waals surface area (Å²) >= 11 is 0. The van der Waals surface area contributed by atoms with Crippen molar-refractivity contribution in [3.05, 3.63) is 24.3 Å². The topological polar surface area (TPSA) is 54.9 Å². The largest absolute Gasteiger partial charge is 0.355 e. The van der Waals surface area contributed by atoms with Crippen molar-refractivity contribution in [2.45, 2.75) is 20.3 Å². The maximum absolute atomic E-state index is 11.2. The highest BCUT2D eigenvalue weighted by Crippen LogP contribution is 1.93. The molecule has 0 atom stereocenters. The SMILES string of the molecule is CC(C)C(=O)NCCc1ccncn1. The second-order valence-electron chi connectivity index (χ2n) is 3.40. The first-order valence-electron chi connectivity index (χ1n) is 4.72. The number of rotatable bonds is 4. The van der Waals surface area contributed by atoms with Crippen molar-refractivity contribution in [2.75, 3.05) is 6.54 Å². The Bertz CT molecular complexity index is 285. The lowest BCUT2D eigenvalue weighted by molar-refractivity contribution is -0.123. The number of nitrogens with zero attached hydrogens (tertiary/aromatic N) is 2. The van der Waals surface area contributed by atoms with Crippen molar-refractivity contribution < 1.29 is 4.79 Å². The summed E-state index contributed by atoms with van der Waals surface area (Å²) in [6.07, 6.45) is 3.97. The van der Waals surface area contributed by atoms with E-state index in [1.807, 2.05) is 19.9 Å². The molecule has 1 N–H and O–H groups in total. The third-order valence-corrected chi connectivity index (χ3v) is 1.85. The zero-order chi connectivity index (χ0) is 10.4. The van der Waals surface area contributed by atoms with E-state index in [2.05, 4.69) is 15.3 Å². The van der Waals surface area contributed by atoms with Crippen LogP contribution in [-0.2, 0) is 11.2 Å². The Balaban J connectivity index is 2.26. The second kappa shape index (κ2) is 5.32. The lowest BCUT2D eigenvalue weighted by Crippen LogP contribution is -2.29. The molecule has 0 radical (unpaired) electrons. The van der Waals surface area contributed by atoms with Crippen LogP contribution in [0.1, 0.15) is 19.5 Å². The van der Waals surface area contributed by atoms with E-state index in [-0.39, 0.29) is 11.8 Å². The zero-order valence-electron chi connectivity index (χ0n) is 8.53. The highest BCUT2D eigenvalue weighted by atomic mass is 16.1. The van der Waals surface area contributed by atoms with Crippen LogP contribution in [0.2, 0.25) is 0 Å². The predicted octanol–water partition coefficient (Wildman–Crippen LogP) is 0.791. The molecule has 0 aromatic carbocycles. The van der Waals surface area contributed by atoms with Gasteiger partial charge in [-0.3, -0.25) is 4.79 Å². The molecule has 4 heteroatoms. The normalized spacial score (nSPS) is 10.2. The molecule has 1 amide bonds. The van der Waals surface area contributed by atoms with Crippen molar-refractivity contribution in [3.63, 3.8) is 0 Å². The first-order valence-corrected chi connectivity index (χ1v) is 4.72. The van der Waals surface area contributed by atoms with E-state index in [0.29, 0.717) is 6.54 Å². The third kappa shape index (κ3) is 3.51. The molecule has 0 aliphatic rings. The summed E-state index contributed by atoms with van der Waals surface area (Å²) in [6, 6.07) is 1.85. The number of nitrogens with one attached hydrogen (secondary N) is 1. The molecule has 0 fully saturated rings. The molecule has 76 valence electrons. The van der Waals surface area contributed by atoms with Crippen molar-refractivity contribution in [1.29, 1.82) is 0 Å². The van der Waals surface area contributed by atoms with Crippen LogP contribution < -0.4 is 5.32 Å². The second-order valence-corrected chi connectivity index (χ2v) is 3.40. The fourth-order valence-corrected chi connectivity index (χ4v) is 0.984. The standard InChI is InChI=1S/C10H15N3O/c1-8(2)10(14)12-6-4-9-3-5-11-7-13-9/h3,5,7-8H,4,6H2,1-2H3,(H,12,14). The molecule has 0 spiro atoms. The highest BCUT2D eigenvalue weighted by molar-refractivity contribution is 5.77. The molecular weight excluding hydrogens is 178 g/mol. The van der Waals surface area contributed by atoms with Crippen LogP contribution in [0.15, 0.2) is 18.6 Å². The van der Waals surface area contributed by atoms with Gasteiger partial charge < -0.3 is 5.32 Å². The molecule has 0 aliphatic carbocycles. The first-order chi connectivity index (χ1) is 6.70. The van der Waals surface area contributed by atoms with E-state index >= 15 is 0 Å².